The number of aromatic nitrogens is 5. The molecule has 2 aliphatic heterocycles. The monoisotopic (exact) mass is 601 g/mol. The first kappa shape index (κ1) is 27.6. The van der Waals surface area contributed by atoms with Crippen molar-refractivity contribution in [2.24, 2.45) is 0 Å². The molecule has 216 valence electrons. The summed E-state index contributed by atoms with van der Waals surface area (Å²) in [5.74, 6) is -0.175. The van der Waals surface area contributed by atoms with Crippen LogP contribution in [0, 0.1) is 5.82 Å². The molecule has 2 saturated heterocycles. The van der Waals surface area contributed by atoms with Gasteiger partial charge in [0.25, 0.3) is 5.56 Å². The van der Waals surface area contributed by atoms with Gasteiger partial charge in [-0.3, -0.25) is 4.79 Å². The van der Waals surface area contributed by atoms with E-state index in [1.54, 1.807) is 12.1 Å². The summed E-state index contributed by atoms with van der Waals surface area (Å²) in [6.07, 6.45) is 2.46. The van der Waals surface area contributed by atoms with Gasteiger partial charge in [0.05, 0.1) is 16.3 Å². The van der Waals surface area contributed by atoms with Gasteiger partial charge in [0.2, 0.25) is 20.0 Å². The van der Waals surface area contributed by atoms with Gasteiger partial charge >= 0.3 is 0 Å². The summed E-state index contributed by atoms with van der Waals surface area (Å²) in [5.41, 5.74) is 0.530. The molecule has 0 radical (unpaired) electrons. The highest BCUT2D eigenvalue weighted by atomic mass is 32.2. The summed E-state index contributed by atoms with van der Waals surface area (Å²) < 4.78 is 70.1. The molecule has 0 spiro atoms. The Labute approximate surface area is 235 Å². The van der Waals surface area contributed by atoms with Crippen molar-refractivity contribution in [3.63, 3.8) is 0 Å². The van der Waals surface area contributed by atoms with Crippen molar-refractivity contribution in [2.75, 3.05) is 26.2 Å². The van der Waals surface area contributed by atoms with Gasteiger partial charge in [0, 0.05) is 32.1 Å². The number of aromatic amines is 1. The molecule has 1 N–H and O–H groups in total. The minimum absolute atomic E-state index is 0.0246. The molecule has 2 aromatic carbocycles. The van der Waals surface area contributed by atoms with Gasteiger partial charge in [0.15, 0.2) is 11.2 Å². The average Bonchev–Trinajstić information content (AvgIpc) is 3.65. The molecule has 2 aromatic heterocycles. The fourth-order valence-corrected chi connectivity index (χ4v) is 8.36. The predicted molar refractivity (Wildman–Crippen MR) is 147 cm³/mol. The second-order valence-electron chi connectivity index (χ2n) is 10.3. The molecule has 41 heavy (non-hydrogen) atoms. The van der Waals surface area contributed by atoms with Crippen LogP contribution in [0.2, 0.25) is 0 Å². The second kappa shape index (κ2) is 10.7. The number of hydrogen-bond acceptors (Lipinski definition) is 8. The standard InChI is InChI=1S/C26H28FN7O5S2/c27-20-5-3-4-18(16-20)17-34-25-23(30-31-34)26(35)29-24(28-25)19-10-14-33(15-11-19)41(38,39)22-8-6-21(7-9-22)40(36,37)32-12-1-2-13-32/h3-9,16,19H,1-2,10-15,17H2,(H,28,29,35). The minimum atomic E-state index is -3.85. The maximum absolute atomic E-state index is 13.6. The highest BCUT2D eigenvalue weighted by Crippen LogP contribution is 2.30. The number of nitrogens with zero attached hydrogens (tertiary/aromatic N) is 6. The summed E-state index contributed by atoms with van der Waals surface area (Å²) in [6, 6.07) is 11.4. The smallest absolute Gasteiger partial charge is 0.281 e. The van der Waals surface area contributed by atoms with Gasteiger partial charge in [-0.25, -0.2) is 30.9 Å². The van der Waals surface area contributed by atoms with E-state index in [4.69, 9.17) is 0 Å². The van der Waals surface area contributed by atoms with Gasteiger partial charge < -0.3 is 4.98 Å². The Kier molecular flexibility index (Phi) is 7.21. The Bertz CT molecular complexity index is 1860. The largest absolute Gasteiger partial charge is 0.308 e. The van der Waals surface area contributed by atoms with Crippen LogP contribution in [0.4, 0.5) is 4.39 Å². The first-order valence-electron chi connectivity index (χ1n) is 13.3. The van der Waals surface area contributed by atoms with Crippen molar-refractivity contribution in [3.05, 3.63) is 76.1 Å². The van der Waals surface area contributed by atoms with E-state index in [9.17, 15) is 26.0 Å². The van der Waals surface area contributed by atoms with Crippen LogP contribution in [0.5, 0.6) is 0 Å². The molecule has 0 saturated carbocycles. The SMILES string of the molecule is O=c1[nH]c(C2CCN(S(=O)(=O)c3ccc(S(=O)(=O)N4CCCC4)cc3)CC2)nc2c1nnn2Cc1cccc(F)c1. The lowest BCUT2D eigenvalue weighted by Crippen LogP contribution is -2.38. The zero-order chi connectivity index (χ0) is 28.8. The van der Waals surface area contributed by atoms with Crippen LogP contribution in [-0.4, -0.2) is 76.6 Å². The van der Waals surface area contributed by atoms with Gasteiger partial charge in [-0.05, 0) is 67.6 Å². The van der Waals surface area contributed by atoms with Crippen LogP contribution in [0.1, 0.15) is 43.0 Å². The molecule has 0 aliphatic carbocycles. The Morgan fingerprint density at radius 2 is 1.49 bits per heavy atom. The maximum atomic E-state index is 13.6. The van der Waals surface area contributed by atoms with Crippen molar-refractivity contribution in [3.8, 4) is 0 Å². The number of halogens is 1. The topological polar surface area (TPSA) is 151 Å². The molecule has 2 aliphatic rings. The van der Waals surface area contributed by atoms with Crippen molar-refractivity contribution in [1.29, 1.82) is 0 Å². The number of nitrogens with one attached hydrogen (secondary N) is 1. The molecule has 4 aromatic rings. The summed E-state index contributed by atoms with van der Waals surface area (Å²) in [5, 5.41) is 7.95. The van der Waals surface area contributed by atoms with Crippen LogP contribution in [0.3, 0.4) is 0 Å². The number of H-pyrrole nitrogens is 1. The van der Waals surface area contributed by atoms with Crippen molar-refractivity contribution >= 4 is 31.2 Å². The molecule has 0 amide bonds. The third-order valence-electron chi connectivity index (χ3n) is 7.62. The minimum Gasteiger partial charge on any atom is -0.308 e. The van der Waals surface area contributed by atoms with Crippen LogP contribution in [0.25, 0.3) is 11.2 Å². The van der Waals surface area contributed by atoms with E-state index in [1.807, 2.05) is 0 Å². The zero-order valence-electron chi connectivity index (χ0n) is 22.0. The van der Waals surface area contributed by atoms with E-state index in [2.05, 4.69) is 20.3 Å². The first-order chi connectivity index (χ1) is 19.6. The Morgan fingerprint density at radius 1 is 0.878 bits per heavy atom. The molecule has 0 atom stereocenters. The normalized spacial score (nSPS) is 17.9. The Hall–Kier alpha value is -3.53. The summed E-state index contributed by atoms with van der Waals surface area (Å²) >= 11 is 0. The third kappa shape index (κ3) is 5.29. The number of piperidine rings is 1. The van der Waals surface area contributed by atoms with Gasteiger partial charge in [-0.2, -0.15) is 8.61 Å². The molecule has 15 heteroatoms. The second-order valence-corrected chi connectivity index (χ2v) is 14.1. The van der Waals surface area contributed by atoms with Crippen LogP contribution in [-0.2, 0) is 26.6 Å². The highest BCUT2D eigenvalue weighted by molar-refractivity contribution is 7.89. The lowest BCUT2D eigenvalue weighted by atomic mass is 9.97. The number of benzene rings is 2. The van der Waals surface area contributed by atoms with Crippen molar-refractivity contribution < 1.29 is 21.2 Å². The lowest BCUT2D eigenvalue weighted by Gasteiger charge is -2.30. The van der Waals surface area contributed by atoms with E-state index < -0.39 is 25.6 Å². The quantitative estimate of drug-likeness (QED) is 0.338. The van der Waals surface area contributed by atoms with E-state index in [0.717, 1.165) is 12.8 Å². The zero-order valence-corrected chi connectivity index (χ0v) is 23.6. The number of rotatable bonds is 7. The molecule has 0 unspecified atom stereocenters. The molecule has 0 bridgehead atoms. The molecular weight excluding hydrogens is 573 g/mol. The fraction of sp³-hybridized carbons (Fsp3) is 0.385. The number of hydrogen-bond donors (Lipinski definition) is 1. The molecule has 6 rings (SSSR count). The molecular formula is C26H28FN7O5S2. The molecule has 2 fully saturated rings. The van der Waals surface area contributed by atoms with E-state index in [0.29, 0.717) is 37.3 Å². The van der Waals surface area contributed by atoms with Gasteiger partial charge in [-0.1, -0.05) is 17.3 Å². The van der Waals surface area contributed by atoms with E-state index in [1.165, 1.54) is 49.7 Å². The van der Waals surface area contributed by atoms with Gasteiger partial charge in [0.1, 0.15) is 11.6 Å². The third-order valence-corrected chi connectivity index (χ3v) is 11.4. The summed E-state index contributed by atoms with van der Waals surface area (Å²) in [6.45, 7) is 1.51. The lowest BCUT2D eigenvalue weighted by molar-refractivity contribution is 0.313. The Balaban J connectivity index is 1.17. The Morgan fingerprint density at radius 3 is 2.10 bits per heavy atom. The number of sulfonamides is 2. The highest BCUT2D eigenvalue weighted by Gasteiger charge is 2.32. The van der Waals surface area contributed by atoms with Crippen LogP contribution < -0.4 is 5.56 Å². The number of fused-ring (bicyclic) bond motifs is 1. The predicted octanol–water partition coefficient (Wildman–Crippen LogP) is 2.05. The maximum Gasteiger partial charge on any atom is 0.281 e. The summed E-state index contributed by atoms with van der Waals surface area (Å²) in [7, 11) is -7.49. The average molecular weight is 602 g/mol. The summed E-state index contributed by atoms with van der Waals surface area (Å²) in [4.78, 5) is 20.2. The van der Waals surface area contributed by atoms with Crippen LogP contribution >= 0.6 is 0 Å². The fourth-order valence-electron chi connectivity index (χ4n) is 5.37. The molecule has 12 nitrogen and oxygen atoms in total. The van der Waals surface area contributed by atoms with E-state index >= 15 is 0 Å². The van der Waals surface area contributed by atoms with Gasteiger partial charge in [-0.15, -0.1) is 5.10 Å². The van der Waals surface area contributed by atoms with E-state index in [-0.39, 0.29) is 52.3 Å². The van der Waals surface area contributed by atoms with Crippen LogP contribution in [0.15, 0.2) is 63.1 Å². The van der Waals surface area contributed by atoms with Crippen molar-refractivity contribution in [2.45, 2.75) is 47.9 Å². The van der Waals surface area contributed by atoms with Crippen molar-refractivity contribution in [1.82, 2.24) is 33.6 Å². The molecule has 4 heterocycles. The first-order valence-corrected chi connectivity index (χ1v) is 16.2.